The van der Waals surface area contributed by atoms with Crippen molar-refractivity contribution in [3.8, 4) is 5.75 Å². The SMILES string of the molecule is Cc1cc(OC(C)C(=O)N(Cc2cccs2)c2ccccn2)ccc1Cl. The predicted octanol–water partition coefficient (Wildman–Crippen LogP) is 5.11. The third-order valence-corrected chi connectivity index (χ3v) is 5.16. The van der Waals surface area contributed by atoms with Crippen molar-refractivity contribution in [2.24, 2.45) is 0 Å². The summed E-state index contributed by atoms with van der Waals surface area (Å²) < 4.78 is 5.86. The Morgan fingerprint density at radius 3 is 2.77 bits per heavy atom. The van der Waals surface area contributed by atoms with Crippen molar-refractivity contribution in [1.29, 1.82) is 0 Å². The van der Waals surface area contributed by atoms with Crippen LogP contribution in [-0.4, -0.2) is 17.0 Å². The maximum absolute atomic E-state index is 13.1. The summed E-state index contributed by atoms with van der Waals surface area (Å²) >= 11 is 7.66. The van der Waals surface area contributed by atoms with Crippen molar-refractivity contribution in [1.82, 2.24) is 4.98 Å². The summed E-state index contributed by atoms with van der Waals surface area (Å²) in [5, 5.41) is 2.66. The number of pyridine rings is 1. The van der Waals surface area contributed by atoms with Gasteiger partial charge in [-0.25, -0.2) is 4.98 Å². The van der Waals surface area contributed by atoms with E-state index >= 15 is 0 Å². The molecular formula is C20H19ClN2O2S. The van der Waals surface area contributed by atoms with Gasteiger partial charge in [0.25, 0.3) is 5.91 Å². The number of ether oxygens (including phenoxy) is 1. The summed E-state index contributed by atoms with van der Waals surface area (Å²) in [5.41, 5.74) is 0.906. The lowest BCUT2D eigenvalue weighted by Crippen LogP contribution is -2.40. The van der Waals surface area contributed by atoms with E-state index < -0.39 is 6.10 Å². The molecule has 0 aliphatic heterocycles. The molecule has 3 aromatic rings. The minimum Gasteiger partial charge on any atom is -0.481 e. The van der Waals surface area contributed by atoms with E-state index in [1.807, 2.05) is 48.7 Å². The van der Waals surface area contributed by atoms with Crippen LogP contribution in [0.15, 0.2) is 60.1 Å². The Labute approximate surface area is 162 Å². The second-order valence-electron chi connectivity index (χ2n) is 5.86. The number of carbonyl (C=O) groups excluding carboxylic acids is 1. The topological polar surface area (TPSA) is 42.4 Å². The highest BCUT2D eigenvalue weighted by Gasteiger charge is 2.25. The van der Waals surface area contributed by atoms with E-state index in [1.54, 1.807) is 41.5 Å². The Bertz CT molecular complexity index is 869. The Morgan fingerprint density at radius 1 is 1.27 bits per heavy atom. The first kappa shape index (κ1) is 18.4. The molecule has 0 radical (unpaired) electrons. The molecule has 3 rings (SSSR count). The van der Waals surface area contributed by atoms with Crippen LogP contribution in [0.1, 0.15) is 17.4 Å². The minimum atomic E-state index is -0.655. The Hall–Kier alpha value is -2.37. The summed E-state index contributed by atoms with van der Waals surface area (Å²) in [4.78, 5) is 20.1. The molecule has 0 saturated carbocycles. The third-order valence-electron chi connectivity index (χ3n) is 3.88. The number of aromatic nitrogens is 1. The number of nitrogens with zero attached hydrogens (tertiary/aromatic N) is 2. The van der Waals surface area contributed by atoms with Gasteiger partial charge in [0.15, 0.2) is 6.10 Å². The molecule has 1 amide bonds. The number of anilines is 1. The highest BCUT2D eigenvalue weighted by Crippen LogP contribution is 2.23. The number of rotatable bonds is 6. The molecule has 0 aliphatic carbocycles. The van der Waals surface area contributed by atoms with Crippen molar-refractivity contribution in [3.63, 3.8) is 0 Å². The molecule has 0 fully saturated rings. The van der Waals surface area contributed by atoms with Crippen LogP contribution >= 0.6 is 22.9 Å². The molecule has 1 atom stereocenters. The van der Waals surface area contributed by atoms with E-state index in [0.717, 1.165) is 10.4 Å². The number of thiophene rings is 1. The van der Waals surface area contributed by atoms with E-state index in [4.69, 9.17) is 16.3 Å². The monoisotopic (exact) mass is 386 g/mol. The first-order chi connectivity index (χ1) is 12.5. The van der Waals surface area contributed by atoms with Crippen LogP contribution in [0.25, 0.3) is 0 Å². The molecule has 134 valence electrons. The van der Waals surface area contributed by atoms with E-state index in [1.165, 1.54) is 0 Å². The van der Waals surface area contributed by atoms with Crippen LogP contribution in [-0.2, 0) is 11.3 Å². The molecule has 1 aromatic carbocycles. The van der Waals surface area contributed by atoms with Crippen LogP contribution in [0, 0.1) is 6.92 Å². The van der Waals surface area contributed by atoms with E-state index in [9.17, 15) is 4.79 Å². The van der Waals surface area contributed by atoms with Crippen LogP contribution in [0.4, 0.5) is 5.82 Å². The lowest BCUT2D eigenvalue weighted by atomic mass is 10.2. The number of hydrogen-bond donors (Lipinski definition) is 0. The average Bonchev–Trinajstić information content (AvgIpc) is 3.16. The van der Waals surface area contributed by atoms with E-state index in [2.05, 4.69) is 4.98 Å². The Kier molecular flexibility index (Phi) is 5.91. The van der Waals surface area contributed by atoms with Crippen molar-refractivity contribution < 1.29 is 9.53 Å². The number of carbonyl (C=O) groups is 1. The number of aryl methyl sites for hydroxylation is 1. The molecular weight excluding hydrogens is 368 g/mol. The first-order valence-corrected chi connectivity index (χ1v) is 9.48. The molecule has 0 saturated heterocycles. The Balaban J connectivity index is 1.80. The van der Waals surface area contributed by atoms with Crippen LogP contribution in [0.5, 0.6) is 5.75 Å². The van der Waals surface area contributed by atoms with E-state index in [0.29, 0.717) is 23.1 Å². The molecule has 0 spiro atoms. The van der Waals surface area contributed by atoms with Crippen LogP contribution < -0.4 is 9.64 Å². The zero-order valence-corrected chi connectivity index (χ0v) is 16.1. The lowest BCUT2D eigenvalue weighted by Gasteiger charge is -2.25. The fourth-order valence-corrected chi connectivity index (χ4v) is 3.32. The fourth-order valence-electron chi connectivity index (χ4n) is 2.51. The maximum atomic E-state index is 13.1. The van der Waals surface area contributed by atoms with Gasteiger partial charge in [0.2, 0.25) is 0 Å². The van der Waals surface area contributed by atoms with Gasteiger partial charge in [0, 0.05) is 16.1 Å². The van der Waals surface area contributed by atoms with Gasteiger partial charge < -0.3 is 4.74 Å². The number of benzene rings is 1. The quantitative estimate of drug-likeness (QED) is 0.591. The van der Waals surface area contributed by atoms with Gasteiger partial charge in [-0.2, -0.15) is 0 Å². The summed E-state index contributed by atoms with van der Waals surface area (Å²) in [5.74, 6) is 1.07. The molecule has 26 heavy (non-hydrogen) atoms. The Morgan fingerprint density at radius 2 is 2.12 bits per heavy atom. The van der Waals surface area contributed by atoms with Crippen molar-refractivity contribution in [2.45, 2.75) is 26.5 Å². The van der Waals surface area contributed by atoms with Crippen molar-refractivity contribution in [3.05, 3.63) is 75.6 Å². The van der Waals surface area contributed by atoms with Gasteiger partial charge in [0.1, 0.15) is 11.6 Å². The molecule has 0 bridgehead atoms. The molecule has 4 nitrogen and oxygen atoms in total. The maximum Gasteiger partial charge on any atom is 0.269 e. The van der Waals surface area contributed by atoms with E-state index in [-0.39, 0.29) is 5.91 Å². The first-order valence-electron chi connectivity index (χ1n) is 8.22. The van der Waals surface area contributed by atoms with Crippen molar-refractivity contribution >= 4 is 34.7 Å². The second kappa shape index (κ2) is 8.34. The standard InChI is InChI=1S/C20H19ClN2O2S/c1-14-12-16(8-9-18(14)21)25-15(2)20(24)23(13-17-6-5-11-26-17)19-7-3-4-10-22-19/h3-12,15H,13H2,1-2H3. The van der Waals surface area contributed by atoms with Gasteiger partial charge in [-0.15, -0.1) is 11.3 Å². The predicted molar refractivity (Wildman–Crippen MR) is 106 cm³/mol. The summed E-state index contributed by atoms with van der Waals surface area (Å²) in [6.07, 6.45) is 1.02. The van der Waals surface area contributed by atoms with Gasteiger partial charge >= 0.3 is 0 Å². The molecule has 0 aliphatic rings. The largest absolute Gasteiger partial charge is 0.481 e. The smallest absolute Gasteiger partial charge is 0.269 e. The third kappa shape index (κ3) is 4.42. The average molecular weight is 387 g/mol. The highest BCUT2D eigenvalue weighted by molar-refractivity contribution is 7.09. The summed E-state index contributed by atoms with van der Waals surface area (Å²) in [6, 6.07) is 14.9. The molecule has 1 unspecified atom stereocenters. The fraction of sp³-hybridized carbons (Fsp3) is 0.200. The van der Waals surface area contributed by atoms with Gasteiger partial charge in [-0.3, -0.25) is 9.69 Å². The second-order valence-corrected chi connectivity index (χ2v) is 7.30. The number of amides is 1. The van der Waals surface area contributed by atoms with Crippen LogP contribution in [0.3, 0.4) is 0 Å². The summed E-state index contributed by atoms with van der Waals surface area (Å²) in [7, 11) is 0. The lowest BCUT2D eigenvalue weighted by molar-refractivity contribution is -0.124. The molecule has 6 heteroatoms. The van der Waals surface area contributed by atoms with Crippen LogP contribution in [0.2, 0.25) is 5.02 Å². The zero-order chi connectivity index (χ0) is 18.5. The minimum absolute atomic E-state index is 0.148. The normalized spacial score (nSPS) is 11.8. The van der Waals surface area contributed by atoms with Crippen molar-refractivity contribution in [2.75, 3.05) is 4.90 Å². The molecule has 0 N–H and O–H groups in total. The van der Waals surface area contributed by atoms with Gasteiger partial charge in [-0.05, 0) is 61.2 Å². The number of hydrogen-bond acceptors (Lipinski definition) is 4. The molecule has 2 heterocycles. The molecule has 2 aromatic heterocycles. The summed E-state index contributed by atoms with van der Waals surface area (Å²) in [6.45, 7) is 4.11. The van der Waals surface area contributed by atoms with Gasteiger partial charge in [0.05, 0.1) is 6.54 Å². The highest BCUT2D eigenvalue weighted by atomic mass is 35.5. The van der Waals surface area contributed by atoms with Gasteiger partial charge in [-0.1, -0.05) is 23.7 Å². The number of halogens is 1. The zero-order valence-electron chi connectivity index (χ0n) is 14.6.